The minimum atomic E-state index is 0.898. The van der Waals surface area contributed by atoms with Crippen molar-refractivity contribution >= 4 is 17.3 Å². The molecule has 0 saturated carbocycles. The molecule has 0 fully saturated rings. The van der Waals surface area contributed by atoms with Crippen LogP contribution < -0.4 is 10.6 Å². The van der Waals surface area contributed by atoms with Crippen LogP contribution in [-0.2, 0) is 6.42 Å². The quantitative estimate of drug-likeness (QED) is 0.803. The lowest BCUT2D eigenvalue weighted by Crippen LogP contribution is -2.41. The summed E-state index contributed by atoms with van der Waals surface area (Å²) >= 11 is 1.71. The molecule has 15 heavy (non-hydrogen) atoms. The highest BCUT2D eigenvalue weighted by Crippen LogP contribution is 2.07. The summed E-state index contributed by atoms with van der Waals surface area (Å²) in [6, 6.07) is 0. The van der Waals surface area contributed by atoms with Crippen LogP contribution in [0.25, 0.3) is 0 Å². The molecule has 0 saturated heterocycles. The highest BCUT2D eigenvalue weighted by Gasteiger charge is 2.03. The fourth-order valence-corrected chi connectivity index (χ4v) is 2.13. The summed E-state index contributed by atoms with van der Waals surface area (Å²) in [5.41, 5.74) is 1.17. The van der Waals surface area contributed by atoms with Crippen molar-refractivity contribution in [2.24, 2.45) is 4.99 Å². The largest absolute Gasteiger partial charge is 0.356 e. The Morgan fingerprint density at radius 2 is 2.53 bits per heavy atom. The second kappa shape index (κ2) is 5.11. The molecule has 0 bridgehead atoms. The number of hydrogen-bond donors (Lipinski definition) is 2. The van der Waals surface area contributed by atoms with E-state index in [1.165, 1.54) is 5.69 Å². The Hall–Kier alpha value is -1.10. The first-order valence-corrected chi connectivity index (χ1v) is 6.16. The van der Waals surface area contributed by atoms with E-state index >= 15 is 0 Å². The Labute approximate surface area is 93.8 Å². The topological polar surface area (TPSA) is 49.3 Å². The van der Waals surface area contributed by atoms with Gasteiger partial charge in [-0.05, 0) is 13.3 Å². The monoisotopic (exact) mass is 224 g/mol. The zero-order chi connectivity index (χ0) is 10.5. The van der Waals surface area contributed by atoms with Gasteiger partial charge in [-0.2, -0.15) is 0 Å². The average molecular weight is 224 g/mol. The molecule has 0 spiro atoms. The van der Waals surface area contributed by atoms with Crippen molar-refractivity contribution in [2.45, 2.75) is 19.8 Å². The molecule has 1 aliphatic heterocycles. The van der Waals surface area contributed by atoms with Gasteiger partial charge < -0.3 is 10.6 Å². The number of rotatable bonds is 3. The first-order valence-electron chi connectivity index (χ1n) is 5.28. The molecule has 0 aromatic carbocycles. The number of nitrogens with zero attached hydrogens (tertiary/aromatic N) is 2. The summed E-state index contributed by atoms with van der Waals surface area (Å²) in [5, 5.41) is 9.77. The molecule has 1 aromatic heterocycles. The minimum absolute atomic E-state index is 0.898. The average Bonchev–Trinajstić information content (AvgIpc) is 2.66. The van der Waals surface area contributed by atoms with Gasteiger partial charge in [-0.15, -0.1) is 11.3 Å². The van der Waals surface area contributed by atoms with Gasteiger partial charge in [0, 0.05) is 31.4 Å². The Morgan fingerprint density at radius 3 is 3.20 bits per heavy atom. The van der Waals surface area contributed by atoms with Crippen molar-refractivity contribution in [2.75, 3.05) is 19.6 Å². The second-order valence-corrected chi connectivity index (χ2v) is 4.61. The van der Waals surface area contributed by atoms with Crippen LogP contribution in [0.1, 0.15) is 17.1 Å². The van der Waals surface area contributed by atoms with Crippen LogP contribution in [0.4, 0.5) is 0 Å². The van der Waals surface area contributed by atoms with Gasteiger partial charge in [0.1, 0.15) is 0 Å². The number of aryl methyl sites for hydroxylation is 1. The van der Waals surface area contributed by atoms with E-state index in [9.17, 15) is 0 Å². The first-order chi connectivity index (χ1) is 7.34. The van der Waals surface area contributed by atoms with Crippen molar-refractivity contribution in [3.63, 3.8) is 0 Å². The van der Waals surface area contributed by atoms with Crippen LogP contribution in [0.3, 0.4) is 0 Å². The molecule has 2 rings (SSSR count). The Balaban J connectivity index is 1.72. The van der Waals surface area contributed by atoms with Gasteiger partial charge in [-0.1, -0.05) is 0 Å². The van der Waals surface area contributed by atoms with Gasteiger partial charge >= 0.3 is 0 Å². The van der Waals surface area contributed by atoms with E-state index < -0.39 is 0 Å². The lowest BCUT2D eigenvalue weighted by molar-refractivity contribution is 0.698. The Kier molecular flexibility index (Phi) is 3.55. The molecule has 82 valence electrons. The van der Waals surface area contributed by atoms with E-state index in [0.29, 0.717) is 0 Å². The number of aliphatic imine (C=N–C) groups is 1. The summed E-state index contributed by atoms with van der Waals surface area (Å²) in [7, 11) is 0. The molecule has 2 N–H and O–H groups in total. The number of guanidine groups is 1. The smallest absolute Gasteiger partial charge is 0.191 e. The van der Waals surface area contributed by atoms with E-state index in [4.69, 9.17) is 0 Å². The third-order valence-corrected chi connectivity index (χ3v) is 3.06. The van der Waals surface area contributed by atoms with Gasteiger partial charge in [0.25, 0.3) is 0 Å². The molecule has 0 atom stereocenters. The minimum Gasteiger partial charge on any atom is -0.356 e. The van der Waals surface area contributed by atoms with E-state index in [1.54, 1.807) is 11.3 Å². The maximum atomic E-state index is 4.41. The number of hydrogen-bond acceptors (Lipinski definition) is 5. The fourth-order valence-electron chi connectivity index (χ4n) is 1.48. The predicted molar refractivity (Wildman–Crippen MR) is 63.5 cm³/mol. The lowest BCUT2D eigenvalue weighted by Gasteiger charge is -2.15. The van der Waals surface area contributed by atoms with E-state index in [-0.39, 0.29) is 0 Å². The van der Waals surface area contributed by atoms with Gasteiger partial charge in [0.05, 0.1) is 10.7 Å². The molecule has 4 nitrogen and oxygen atoms in total. The van der Waals surface area contributed by atoms with Crippen molar-refractivity contribution in [3.8, 4) is 0 Å². The number of thiazole rings is 1. The van der Waals surface area contributed by atoms with Crippen molar-refractivity contribution < 1.29 is 0 Å². The highest BCUT2D eigenvalue weighted by atomic mass is 32.1. The number of nitrogens with one attached hydrogen (secondary N) is 2. The molecule has 5 heteroatoms. The van der Waals surface area contributed by atoms with Crippen LogP contribution in [0.15, 0.2) is 10.4 Å². The summed E-state index contributed by atoms with van der Waals surface area (Å²) in [6.07, 6.45) is 2.10. The summed E-state index contributed by atoms with van der Waals surface area (Å²) in [4.78, 5) is 8.75. The van der Waals surface area contributed by atoms with Gasteiger partial charge in [0.15, 0.2) is 5.96 Å². The zero-order valence-corrected chi connectivity index (χ0v) is 9.73. The molecule has 1 aliphatic rings. The van der Waals surface area contributed by atoms with Crippen molar-refractivity contribution in [1.29, 1.82) is 0 Å². The standard InChI is InChI=1S/C10H16N4S/c1-8-14-9(7-15-8)3-6-13-10-11-4-2-5-12-10/h7H,2-6H2,1H3,(H2,11,12,13). The van der Waals surface area contributed by atoms with Crippen LogP contribution in [0.2, 0.25) is 0 Å². The SMILES string of the molecule is Cc1nc(CCNC2=NCCCN2)cs1. The normalized spacial score (nSPS) is 15.7. The summed E-state index contributed by atoms with van der Waals surface area (Å²) < 4.78 is 0. The second-order valence-electron chi connectivity index (χ2n) is 3.55. The van der Waals surface area contributed by atoms with Crippen molar-refractivity contribution in [3.05, 3.63) is 16.1 Å². The maximum Gasteiger partial charge on any atom is 0.191 e. The zero-order valence-electron chi connectivity index (χ0n) is 8.92. The summed E-state index contributed by atoms with van der Waals surface area (Å²) in [6.45, 7) is 4.90. The van der Waals surface area contributed by atoms with Gasteiger partial charge in [-0.25, -0.2) is 4.98 Å². The van der Waals surface area contributed by atoms with Crippen molar-refractivity contribution in [1.82, 2.24) is 15.6 Å². The van der Waals surface area contributed by atoms with Crippen LogP contribution >= 0.6 is 11.3 Å². The molecule has 0 aliphatic carbocycles. The number of aromatic nitrogens is 1. The van der Waals surface area contributed by atoms with Gasteiger partial charge in [-0.3, -0.25) is 4.99 Å². The fraction of sp³-hybridized carbons (Fsp3) is 0.600. The molecule has 0 unspecified atom stereocenters. The Bertz CT molecular complexity index is 345. The summed E-state index contributed by atoms with van der Waals surface area (Å²) in [5.74, 6) is 0.938. The van der Waals surface area contributed by atoms with Crippen LogP contribution in [0.5, 0.6) is 0 Å². The third kappa shape index (κ3) is 3.20. The highest BCUT2D eigenvalue weighted by molar-refractivity contribution is 7.09. The maximum absolute atomic E-state index is 4.41. The molecule has 1 aromatic rings. The molecular weight excluding hydrogens is 208 g/mol. The van der Waals surface area contributed by atoms with Crippen LogP contribution in [-0.4, -0.2) is 30.6 Å². The Morgan fingerprint density at radius 1 is 1.60 bits per heavy atom. The first kappa shape index (κ1) is 10.4. The van der Waals surface area contributed by atoms with E-state index in [0.717, 1.165) is 43.4 Å². The van der Waals surface area contributed by atoms with E-state index in [2.05, 4.69) is 26.0 Å². The van der Waals surface area contributed by atoms with E-state index in [1.807, 2.05) is 6.92 Å². The predicted octanol–water partition coefficient (Wildman–Crippen LogP) is 0.933. The van der Waals surface area contributed by atoms with Gasteiger partial charge in [0.2, 0.25) is 0 Å². The van der Waals surface area contributed by atoms with Crippen LogP contribution in [0, 0.1) is 6.92 Å². The molecule has 0 radical (unpaired) electrons. The molecular formula is C10H16N4S. The third-order valence-electron chi connectivity index (χ3n) is 2.24. The molecule has 2 heterocycles. The molecule has 0 amide bonds. The lowest BCUT2D eigenvalue weighted by atomic mass is 10.3.